The molecule has 18 heavy (non-hydrogen) atoms. The quantitative estimate of drug-likeness (QED) is 0.556. The summed E-state index contributed by atoms with van der Waals surface area (Å²) in [7, 11) is 0. The van der Waals surface area contributed by atoms with Crippen LogP contribution in [0.15, 0.2) is 0 Å². The van der Waals surface area contributed by atoms with Crippen LogP contribution >= 0.6 is 0 Å². The monoisotopic (exact) mass is 252 g/mol. The van der Waals surface area contributed by atoms with Gasteiger partial charge in [-0.25, -0.2) is 0 Å². The van der Waals surface area contributed by atoms with Gasteiger partial charge < -0.3 is 26.9 Å². The fourth-order valence-corrected chi connectivity index (χ4v) is 1.67. The van der Waals surface area contributed by atoms with Crippen molar-refractivity contribution in [2.75, 3.05) is 29.5 Å². The zero-order valence-corrected chi connectivity index (χ0v) is 10.9. The number of hydrogen-bond donors (Lipinski definition) is 4. The molecule has 0 saturated carbocycles. The minimum absolute atomic E-state index is 0.0577. The van der Waals surface area contributed by atoms with Crippen LogP contribution in [0.4, 0.5) is 17.6 Å². The third kappa shape index (κ3) is 3.30. The van der Waals surface area contributed by atoms with Gasteiger partial charge >= 0.3 is 0 Å². The van der Waals surface area contributed by atoms with Crippen molar-refractivity contribution >= 4 is 23.8 Å². The van der Waals surface area contributed by atoms with Crippen molar-refractivity contribution < 1.29 is 5.11 Å². The first-order valence-electron chi connectivity index (χ1n) is 5.69. The van der Waals surface area contributed by atoms with E-state index in [-0.39, 0.29) is 11.8 Å². The first-order chi connectivity index (χ1) is 8.28. The van der Waals surface area contributed by atoms with Crippen LogP contribution < -0.4 is 16.4 Å². The van der Waals surface area contributed by atoms with Gasteiger partial charge in [0, 0.05) is 19.3 Å². The maximum atomic E-state index is 9.88. The lowest BCUT2D eigenvalue weighted by atomic mass is 10.1. The number of nitrogen functional groups attached to an aromatic ring is 2. The van der Waals surface area contributed by atoms with Crippen molar-refractivity contribution in [3.63, 3.8) is 0 Å². The van der Waals surface area contributed by atoms with Gasteiger partial charge in [-0.05, 0) is 20.8 Å². The lowest BCUT2D eigenvalue weighted by Crippen LogP contribution is -2.39. The minimum Gasteiger partial charge on any atom is -0.389 e. The Bertz CT molecular complexity index is 440. The fraction of sp³-hybridized carbons (Fsp3) is 0.545. The van der Waals surface area contributed by atoms with E-state index in [4.69, 9.17) is 16.9 Å². The Morgan fingerprint density at radius 2 is 2.00 bits per heavy atom. The first kappa shape index (κ1) is 14.2. The van der Waals surface area contributed by atoms with E-state index in [1.54, 1.807) is 13.8 Å². The van der Waals surface area contributed by atoms with Gasteiger partial charge in [0.1, 0.15) is 11.6 Å². The third-order valence-electron chi connectivity index (χ3n) is 2.38. The second kappa shape index (κ2) is 5.18. The van der Waals surface area contributed by atoms with E-state index in [2.05, 4.69) is 9.97 Å². The molecule has 0 aromatic carbocycles. The van der Waals surface area contributed by atoms with E-state index in [0.717, 1.165) is 6.21 Å². The van der Waals surface area contributed by atoms with Crippen LogP contribution in [0.2, 0.25) is 0 Å². The number of nitrogens with zero attached hydrogens (tertiary/aromatic N) is 3. The van der Waals surface area contributed by atoms with Crippen molar-refractivity contribution in [2.24, 2.45) is 0 Å². The third-order valence-corrected chi connectivity index (χ3v) is 2.38. The van der Waals surface area contributed by atoms with Gasteiger partial charge in [-0.3, -0.25) is 0 Å². The molecule has 0 amide bonds. The fourth-order valence-electron chi connectivity index (χ4n) is 1.67. The molecule has 0 fully saturated rings. The van der Waals surface area contributed by atoms with Gasteiger partial charge in [0.05, 0.1) is 11.2 Å². The SMILES string of the molecule is CCN(CC(C)(C)O)c1nc(N)nc(N)c1C=N. The molecule has 1 aromatic rings. The second-order valence-corrected chi connectivity index (χ2v) is 4.68. The largest absolute Gasteiger partial charge is 0.389 e. The highest BCUT2D eigenvalue weighted by atomic mass is 16.3. The predicted molar refractivity (Wildman–Crippen MR) is 72.9 cm³/mol. The summed E-state index contributed by atoms with van der Waals surface area (Å²) in [6.07, 6.45) is 1.09. The molecule has 0 bridgehead atoms. The number of anilines is 3. The second-order valence-electron chi connectivity index (χ2n) is 4.68. The summed E-state index contributed by atoms with van der Waals surface area (Å²) in [4.78, 5) is 9.75. The van der Waals surface area contributed by atoms with Crippen LogP contribution in [-0.4, -0.2) is 40.0 Å². The lowest BCUT2D eigenvalue weighted by Gasteiger charge is -2.30. The van der Waals surface area contributed by atoms with E-state index in [0.29, 0.717) is 24.5 Å². The molecular weight excluding hydrogens is 232 g/mol. The van der Waals surface area contributed by atoms with Crippen molar-refractivity contribution in [3.8, 4) is 0 Å². The number of likely N-dealkylation sites (N-methyl/N-ethyl adjacent to an activating group) is 1. The highest BCUT2D eigenvalue weighted by Crippen LogP contribution is 2.23. The Hall–Kier alpha value is -1.89. The molecule has 1 heterocycles. The molecule has 0 spiro atoms. The van der Waals surface area contributed by atoms with Gasteiger partial charge in [0.2, 0.25) is 5.95 Å². The molecule has 1 aromatic heterocycles. The van der Waals surface area contributed by atoms with Crippen LogP contribution in [-0.2, 0) is 0 Å². The molecular formula is C11H20N6O. The highest BCUT2D eigenvalue weighted by Gasteiger charge is 2.21. The Labute approximate surface area is 106 Å². The van der Waals surface area contributed by atoms with E-state index < -0.39 is 5.60 Å². The normalized spacial score (nSPS) is 11.3. The van der Waals surface area contributed by atoms with E-state index >= 15 is 0 Å². The van der Waals surface area contributed by atoms with E-state index in [1.807, 2.05) is 11.8 Å². The zero-order valence-electron chi connectivity index (χ0n) is 10.9. The van der Waals surface area contributed by atoms with E-state index in [9.17, 15) is 5.11 Å². The number of aliphatic hydroxyl groups is 1. The average molecular weight is 252 g/mol. The van der Waals surface area contributed by atoms with Gasteiger partial charge in [-0.15, -0.1) is 0 Å². The molecule has 0 unspecified atom stereocenters. The van der Waals surface area contributed by atoms with Gasteiger partial charge in [-0.2, -0.15) is 9.97 Å². The Morgan fingerprint density at radius 3 is 2.44 bits per heavy atom. The average Bonchev–Trinajstić information content (AvgIpc) is 2.23. The highest BCUT2D eigenvalue weighted by molar-refractivity contribution is 5.90. The smallest absolute Gasteiger partial charge is 0.223 e. The Balaban J connectivity index is 3.24. The Morgan fingerprint density at radius 1 is 1.39 bits per heavy atom. The number of hydrogen-bond acceptors (Lipinski definition) is 7. The standard InChI is InChI=1S/C11H20N6O/c1-4-17(6-11(2,3)18)9-7(5-12)8(13)15-10(14)16-9/h5,12,18H,4,6H2,1-3H3,(H4,13,14,15,16). The summed E-state index contributed by atoms with van der Waals surface area (Å²) in [5, 5.41) is 17.3. The lowest BCUT2D eigenvalue weighted by molar-refractivity contribution is 0.0874. The summed E-state index contributed by atoms with van der Waals surface area (Å²) in [6.45, 7) is 6.30. The molecule has 7 heteroatoms. The molecule has 100 valence electrons. The maximum Gasteiger partial charge on any atom is 0.223 e. The summed E-state index contributed by atoms with van der Waals surface area (Å²) < 4.78 is 0. The minimum atomic E-state index is -0.885. The van der Waals surface area contributed by atoms with Crippen molar-refractivity contribution in [3.05, 3.63) is 5.56 Å². The van der Waals surface area contributed by atoms with Gasteiger partial charge in [0.15, 0.2) is 0 Å². The Kier molecular flexibility index (Phi) is 4.07. The first-order valence-corrected chi connectivity index (χ1v) is 5.69. The van der Waals surface area contributed by atoms with Crippen molar-refractivity contribution in [2.45, 2.75) is 26.4 Å². The molecule has 6 N–H and O–H groups in total. The molecule has 0 aliphatic carbocycles. The van der Waals surface area contributed by atoms with E-state index in [1.165, 1.54) is 0 Å². The maximum absolute atomic E-state index is 9.88. The number of nitrogens with one attached hydrogen (secondary N) is 1. The van der Waals surface area contributed by atoms with Crippen LogP contribution in [0.5, 0.6) is 0 Å². The molecule has 0 saturated heterocycles. The molecule has 0 radical (unpaired) electrons. The zero-order chi connectivity index (χ0) is 13.9. The van der Waals surface area contributed by atoms with Crippen molar-refractivity contribution in [1.29, 1.82) is 5.41 Å². The summed E-state index contributed by atoms with van der Waals surface area (Å²) >= 11 is 0. The number of nitrogens with two attached hydrogens (primary N) is 2. The van der Waals surface area contributed by atoms with Crippen molar-refractivity contribution in [1.82, 2.24) is 9.97 Å². The molecule has 1 rings (SSSR count). The van der Waals surface area contributed by atoms with Gasteiger partial charge in [-0.1, -0.05) is 0 Å². The summed E-state index contributed by atoms with van der Waals surface area (Å²) in [5.74, 6) is 0.698. The number of rotatable bonds is 5. The summed E-state index contributed by atoms with van der Waals surface area (Å²) in [6, 6.07) is 0. The molecule has 0 aliphatic heterocycles. The van der Waals surface area contributed by atoms with Crippen LogP contribution in [0.3, 0.4) is 0 Å². The number of aromatic nitrogens is 2. The predicted octanol–water partition coefficient (Wildman–Crippen LogP) is 0.236. The van der Waals surface area contributed by atoms with Crippen LogP contribution in [0.1, 0.15) is 26.3 Å². The summed E-state index contributed by atoms with van der Waals surface area (Å²) in [5.41, 5.74) is 10.8. The van der Waals surface area contributed by atoms with Gasteiger partial charge in [0.25, 0.3) is 0 Å². The van der Waals surface area contributed by atoms with Crippen LogP contribution in [0.25, 0.3) is 0 Å². The van der Waals surface area contributed by atoms with Crippen LogP contribution in [0, 0.1) is 5.41 Å². The molecule has 0 atom stereocenters. The topological polar surface area (TPSA) is 125 Å². The molecule has 0 aliphatic rings. The molecule has 7 nitrogen and oxygen atoms in total.